The van der Waals surface area contributed by atoms with Gasteiger partial charge in [0.05, 0.1) is 17.2 Å². The average molecular weight is 404 g/mol. The van der Waals surface area contributed by atoms with Gasteiger partial charge in [-0.05, 0) is 42.7 Å². The molecule has 7 nitrogen and oxygen atoms in total. The highest BCUT2D eigenvalue weighted by molar-refractivity contribution is 5.90. The van der Waals surface area contributed by atoms with Crippen molar-refractivity contribution in [1.82, 2.24) is 14.5 Å². The predicted octanol–water partition coefficient (Wildman–Crippen LogP) is 2.94. The molecule has 1 N–H and O–H groups in total. The van der Waals surface area contributed by atoms with Crippen LogP contribution in [-0.4, -0.2) is 32.8 Å². The molecule has 0 bridgehead atoms. The number of benzene rings is 2. The normalized spacial score (nSPS) is 14.1. The maximum atomic E-state index is 12.5. The standard InChI is InChI=1S/C23H24N4O3/c28-21(11-13-27-16-24-20-9-2-1-8-19(20)23(27)30)25-18-7-5-6-17(14-18)15-26-12-4-3-10-22(26)29/h1-2,5-9,14,16H,3-4,10-13,15H2,(H,25,28). The lowest BCUT2D eigenvalue weighted by Gasteiger charge is -2.26. The number of hydrogen-bond acceptors (Lipinski definition) is 4. The number of likely N-dealkylation sites (tertiary alicyclic amines) is 1. The van der Waals surface area contributed by atoms with Crippen molar-refractivity contribution >= 4 is 28.4 Å². The van der Waals surface area contributed by atoms with Crippen molar-refractivity contribution < 1.29 is 9.59 Å². The van der Waals surface area contributed by atoms with Gasteiger partial charge in [-0.15, -0.1) is 0 Å². The second kappa shape index (κ2) is 8.90. The number of anilines is 1. The molecular formula is C23H24N4O3. The highest BCUT2D eigenvalue weighted by Gasteiger charge is 2.18. The summed E-state index contributed by atoms with van der Waals surface area (Å²) < 4.78 is 1.46. The van der Waals surface area contributed by atoms with Crippen molar-refractivity contribution in [1.29, 1.82) is 0 Å². The highest BCUT2D eigenvalue weighted by atomic mass is 16.2. The number of nitrogens with one attached hydrogen (secondary N) is 1. The molecule has 1 saturated heterocycles. The Labute approximate surface area is 174 Å². The molecule has 7 heteroatoms. The summed E-state index contributed by atoms with van der Waals surface area (Å²) in [6.07, 6.45) is 4.24. The zero-order valence-corrected chi connectivity index (χ0v) is 16.7. The van der Waals surface area contributed by atoms with Crippen molar-refractivity contribution in [2.75, 3.05) is 11.9 Å². The van der Waals surface area contributed by atoms with Gasteiger partial charge in [-0.25, -0.2) is 4.98 Å². The molecule has 3 aromatic rings. The zero-order chi connectivity index (χ0) is 20.9. The van der Waals surface area contributed by atoms with Crippen molar-refractivity contribution in [3.8, 4) is 0 Å². The largest absolute Gasteiger partial charge is 0.338 e. The monoisotopic (exact) mass is 404 g/mol. The number of hydrogen-bond donors (Lipinski definition) is 1. The lowest BCUT2D eigenvalue weighted by atomic mass is 10.1. The molecule has 0 radical (unpaired) electrons. The minimum Gasteiger partial charge on any atom is -0.338 e. The first-order chi connectivity index (χ1) is 14.6. The summed E-state index contributed by atoms with van der Waals surface area (Å²) in [5.41, 5.74) is 2.16. The van der Waals surface area contributed by atoms with Crippen molar-refractivity contribution in [2.24, 2.45) is 0 Å². The van der Waals surface area contributed by atoms with Gasteiger partial charge in [-0.2, -0.15) is 0 Å². The fourth-order valence-electron chi connectivity index (χ4n) is 3.71. The Kier molecular flexibility index (Phi) is 5.88. The molecule has 30 heavy (non-hydrogen) atoms. The molecular weight excluding hydrogens is 380 g/mol. The lowest BCUT2D eigenvalue weighted by molar-refractivity contribution is -0.133. The lowest BCUT2D eigenvalue weighted by Crippen LogP contribution is -2.34. The van der Waals surface area contributed by atoms with Crippen LogP contribution in [0.3, 0.4) is 0 Å². The number of piperidine rings is 1. The number of carbonyl (C=O) groups is 2. The van der Waals surface area contributed by atoms with Crippen LogP contribution in [0.4, 0.5) is 5.69 Å². The highest BCUT2D eigenvalue weighted by Crippen LogP contribution is 2.17. The van der Waals surface area contributed by atoms with Gasteiger partial charge in [-0.1, -0.05) is 24.3 Å². The minimum atomic E-state index is -0.179. The molecule has 2 aromatic carbocycles. The van der Waals surface area contributed by atoms with Crippen LogP contribution in [0.1, 0.15) is 31.2 Å². The van der Waals surface area contributed by atoms with Crippen LogP contribution in [0.15, 0.2) is 59.7 Å². The van der Waals surface area contributed by atoms with E-state index in [0.29, 0.717) is 29.6 Å². The average Bonchev–Trinajstić information content (AvgIpc) is 2.75. The van der Waals surface area contributed by atoms with E-state index in [-0.39, 0.29) is 30.3 Å². The quantitative estimate of drug-likeness (QED) is 0.685. The van der Waals surface area contributed by atoms with Crippen LogP contribution in [0.5, 0.6) is 0 Å². The number of aromatic nitrogens is 2. The van der Waals surface area contributed by atoms with Gasteiger partial charge >= 0.3 is 0 Å². The summed E-state index contributed by atoms with van der Waals surface area (Å²) >= 11 is 0. The first-order valence-electron chi connectivity index (χ1n) is 10.2. The summed E-state index contributed by atoms with van der Waals surface area (Å²) in [6.45, 7) is 1.59. The maximum Gasteiger partial charge on any atom is 0.261 e. The fourth-order valence-corrected chi connectivity index (χ4v) is 3.71. The fraction of sp³-hybridized carbons (Fsp3) is 0.304. The van der Waals surface area contributed by atoms with Crippen LogP contribution in [0.25, 0.3) is 10.9 Å². The Morgan fingerprint density at radius 3 is 2.80 bits per heavy atom. The molecule has 2 heterocycles. The third-order valence-corrected chi connectivity index (χ3v) is 5.32. The van der Waals surface area contributed by atoms with E-state index in [1.165, 1.54) is 10.9 Å². The van der Waals surface area contributed by atoms with Gasteiger partial charge in [0.1, 0.15) is 0 Å². The van der Waals surface area contributed by atoms with Crippen molar-refractivity contribution in [3.05, 3.63) is 70.8 Å². The molecule has 0 unspecified atom stereocenters. The second-order valence-electron chi connectivity index (χ2n) is 7.53. The first-order valence-corrected chi connectivity index (χ1v) is 10.2. The number of carbonyl (C=O) groups excluding carboxylic acids is 2. The number of aryl methyl sites for hydroxylation is 1. The number of rotatable bonds is 6. The molecule has 0 saturated carbocycles. The summed E-state index contributed by atoms with van der Waals surface area (Å²) in [4.78, 5) is 43.1. The third-order valence-electron chi connectivity index (χ3n) is 5.32. The van der Waals surface area contributed by atoms with Gasteiger partial charge in [0.2, 0.25) is 11.8 Å². The number of nitrogens with zero attached hydrogens (tertiary/aromatic N) is 3. The Hall–Kier alpha value is -3.48. The van der Waals surface area contributed by atoms with Crippen LogP contribution < -0.4 is 10.9 Å². The van der Waals surface area contributed by atoms with Gasteiger partial charge in [0, 0.05) is 38.2 Å². The number of fused-ring (bicyclic) bond motifs is 1. The van der Waals surface area contributed by atoms with Gasteiger partial charge in [0.15, 0.2) is 0 Å². The van der Waals surface area contributed by atoms with Crippen LogP contribution >= 0.6 is 0 Å². The summed E-state index contributed by atoms with van der Waals surface area (Å²) in [7, 11) is 0. The zero-order valence-electron chi connectivity index (χ0n) is 16.7. The van der Waals surface area contributed by atoms with Gasteiger partial charge < -0.3 is 10.2 Å². The van der Waals surface area contributed by atoms with Gasteiger partial charge in [0.25, 0.3) is 5.56 Å². The van der Waals surface area contributed by atoms with Crippen LogP contribution in [0.2, 0.25) is 0 Å². The minimum absolute atomic E-state index is 0.151. The summed E-state index contributed by atoms with van der Waals surface area (Å²) in [5, 5.41) is 3.42. The molecule has 2 amide bonds. The molecule has 1 aromatic heterocycles. The van der Waals surface area contributed by atoms with E-state index in [0.717, 1.165) is 24.9 Å². The van der Waals surface area contributed by atoms with Crippen LogP contribution in [0, 0.1) is 0 Å². The van der Waals surface area contributed by atoms with E-state index in [9.17, 15) is 14.4 Å². The summed E-state index contributed by atoms with van der Waals surface area (Å²) in [5.74, 6) is 0.00591. The van der Waals surface area contributed by atoms with E-state index in [2.05, 4.69) is 10.3 Å². The van der Waals surface area contributed by atoms with E-state index in [4.69, 9.17) is 0 Å². The Morgan fingerprint density at radius 2 is 1.93 bits per heavy atom. The maximum absolute atomic E-state index is 12.5. The van der Waals surface area contributed by atoms with Gasteiger partial charge in [-0.3, -0.25) is 19.0 Å². The number of para-hydroxylation sites is 1. The Balaban J connectivity index is 1.37. The topological polar surface area (TPSA) is 84.3 Å². The SMILES string of the molecule is O=C(CCn1cnc2ccccc2c1=O)Nc1cccc(CN2CCCCC2=O)c1. The summed E-state index contributed by atoms with van der Waals surface area (Å²) in [6, 6.07) is 14.7. The smallest absolute Gasteiger partial charge is 0.261 e. The molecule has 4 rings (SSSR count). The van der Waals surface area contributed by atoms with E-state index < -0.39 is 0 Å². The molecule has 0 aliphatic carbocycles. The molecule has 0 atom stereocenters. The van der Waals surface area contributed by atoms with Crippen LogP contribution in [-0.2, 0) is 22.7 Å². The molecule has 1 fully saturated rings. The second-order valence-corrected chi connectivity index (χ2v) is 7.53. The van der Waals surface area contributed by atoms with Crippen molar-refractivity contribution in [2.45, 2.75) is 38.8 Å². The van der Waals surface area contributed by atoms with E-state index in [1.807, 2.05) is 35.2 Å². The van der Waals surface area contributed by atoms with Crippen molar-refractivity contribution in [3.63, 3.8) is 0 Å². The molecule has 154 valence electrons. The Morgan fingerprint density at radius 1 is 1.07 bits per heavy atom. The predicted molar refractivity (Wildman–Crippen MR) is 115 cm³/mol. The molecule has 0 spiro atoms. The molecule has 1 aliphatic heterocycles. The first kappa shape index (κ1) is 19.8. The molecule has 1 aliphatic rings. The number of amides is 2. The van der Waals surface area contributed by atoms with E-state index in [1.54, 1.807) is 18.2 Å². The Bertz CT molecular complexity index is 1140. The van der Waals surface area contributed by atoms with E-state index >= 15 is 0 Å². The third kappa shape index (κ3) is 4.56.